The van der Waals surface area contributed by atoms with Gasteiger partial charge in [0.2, 0.25) is 0 Å². The number of carbonyl (C=O) groups is 1. The van der Waals surface area contributed by atoms with Crippen LogP contribution in [0.25, 0.3) is 0 Å². The van der Waals surface area contributed by atoms with Gasteiger partial charge in [-0.15, -0.1) is 0 Å². The highest BCUT2D eigenvalue weighted by molar-refractivity contribution is 7.99. The van der Waals surface area contributed by atoms with Crippen LogP contribution in [0.5, 0.6) is 0 Å². The number of para-hydroxylation sites is 2. The molecule has 2 aromatic carbocycles. The van der Waals surface area contributed by atoms with Gasteiger partial charge >= 0.3 is 5.97 Å². The Morgan fingerprint density at radius 3 is 2.68 bits per heavy atom. The highest BCUT2D eigenvalue weighted by Gasteiger charge is 2.23. The van der Waals surface area contributed by atoms with Crippen molar-refractivity contribution in [2.45, 2.75) is 22.6 Å². The Labute approximate surface area is 115 Å². The first-order valence-electron chi connectivity index (χ1n) is 6.06. The van der Waals surface area contributed by atoms with Gasteiger partial charge in [-0.2, -0.15) is 0 Å². The Kier molecular flexibility index (Phi) is 2.95. The number of nitrogens with one attached hydrogen (secondary N) is 1. The lowest BCUT2D eigenvalue weighted by atomic mass is 9.99. The molecule has 1 aliphatic heterocycles. The maximum atomic E-state index is 11.2. The van der Waals surface area contributed by atoms with E-state index in [9.17, 15) is 9.90 Å². The molecule has 96 valence electrons. The minimum Gasteiger partial charge on any atom is -0.481 e. The van der Waals surface area contributed by atoms with Crippen molar-refractivity contribution in [3.8, 4) is 0 Å². The largest absolute Gasteiger partial charge is 0.481 e. The summed E-state index contributed by atoms with van der Waals surface area (Å²) in [7, 11) is 0. The molecule has 2 N–H and O–H groups in total. The van der Waals surface area contributed by atoms with Crippen LogP contribution in [-0.4, -0.2) is 11.1 Å². The Hall–Kier alpha value is -1.94. The molecule has 0 radical (unpaired) electrons. The minimum atomic E-state index is -0.806. The molecule has 1 atom stereocenters. The van der Waals surface area contributed by atoms with E-state index in [0.717, 1.165) is 26.7 Å². The van der Waals surface area contributed by atoms with Crippen LogP contribution >= 0.6 is 11.8 Å². The van der Waals surface area contributed by atoms with Crippen LogP contribution in [0.1, 0.15) is 18.4 Å². The third-order valence-corrected chi connectivity index (χ3v) is 4.40. The molecule has 3 rings (SSSR count). The fourth-order valence-electron chi connectivity index (χ4n) is 2.17. The van der Waals surface area contributed by atoms with E-state index >= 15 is 0 Å². The topological polar surface area (TPSA) is 49.3 Å². The second kappa shape index (κ2) is 4.63. The highest BCUT2D eigenvalue weighted by atomic mass is 32.2. The Morgan fingerprint density at radius 2 is 1.89 bits per heavy atom. The van der Waals surface area contributed by atoms with Gasteiger partial charge in [0.25, 0.3) is 0 Å². The first kappa shape index (κ1) is 12.1. The molecular weight excluding hydrogens is 258 g/mol. The van der Waals surface area contributed by atoms with E-state index in [1.165, 1.54) is 0 Å². The van der Waals surface area contributed by atoms with E-state index < -0.39 is 11.9 Å². The fraction of sp³-hybridized carbons (Fsp3) is 0.133. The first-order chi connectivity index (χ1) is 9.16. The molecule has 1 aliphatic rings. The summed E-state index contributed by atoms with van der Waals surface area (Å²) < 4.78 is 0. The number of benzene rings is 2. The smallest absolute Gasteiger partial charge is 0.310 e. The lowest BCUT2D eigenvalue weighted by Gasteiger charge is -2.24. The summed E-state index contributed by atoms with van der Waals surface area (Å²) in [6.07, 6.45) is 0. The molecule has 0 aliphatic carbocycles. The monoisotopic (exact) mass is 271 g/mol. The molecule has 4 heteroatoms. The summed E-state index contributed by atoms with van der Waals surface area (Å²) in [6, 6.07) is 13.8. The van der Waals surface area contributed by atoms with Gasteiger partial charge in [-0.25, -0.2) is 0 Å². The van der Waals surface area contributed by atoms with Crippen molar-refractivity contribution < 1.29 is 9.90 Å². The molecule has 0 saturated carbocycles. The van der Waals surface area contributed by atoms with Crippen LogP contribution in [0, 0.1) is 0 Å². The molecule has 1 heterocycles. The summed E-state index contributed by atoms with van der Waals surface area (Å²) in [5.74, 6) is -1.33. The predicted octanol–water partition coefficient (Wildman–Crippen LogP) is 4.08. The van der Waals surface area contributed by atoms with Crippen LogP contribution in [0.4, 0.5) is 11.4 Å². The van der Waals surface area contributed by atoms with Crippen LogP contribution in [0.2, 0.25) is 0 Å². The maximum absolute atomic E-state index is 11.2. The molecule has 0 fully saturated rings. The van der Waals surface area contributed by atoms with Crippen LogP contribution < -0.4 is 5.32 Å². The van der Waals surface area contributed by atoms with Crippen molar-refractivity contribution in [3.05, 3.63) is 48.0 Å². The lowest BCUT2D eigenvalue weighted by molar-refractivity contribution is -0.138. The molecule has 19 heavy (non-hydrogen) atoms. The number of fused-ring (bicyclic) bond motifs is 2. The van der Waals surface area contributed by atoms with Crippen molar-refractivity contribution >= 4 is 29.1 Å². The Bertz CT molecular complexity index is 654. The second-order valence-corrected chi connectivity index (χ2v) is 5.59. The van der Waals surface area contributed by atoms with E-state index in [4.69, 9.17) is 0 Å². The minimum absolute atomic E-state index is 0.520. The average molecular weight is 271 g/mol. The van der Waals surface area contributed by atoms with Crippen molar-refractivity contribution in [2.24, 2.45) is 0 Å². The molecule has 0 bridgehead atoms. The zero-order valence-corrected chi connectivity index (χ0v) is 11.2. The van der Waals surface area contributed by atoms with E-state index in [2.05, 4.69) is 11.4 Å². The lowest BCUT2D eigenvalue weighted by Crippen LogP contribution is -2.11. The van der Waals surface area contributed by atoms with Gasteiger partial charge < -0.3 is 10.4 Å². The van der Waals surface area contributed by atoms with Crippen molar-refractivity contribution in [1.82, 2.24) is 0 Å². The molecular formula is C15H13NO2S. The molecule has 3 nitrogen and oxygen atoms in total. The van der Waals surface area contributed by atoms with Crippen LogP contribution in [-0.2, 0) is 4.79 Å². The number of carboxylic acids is 1. The van der Waals surface area contributed by atoms with Crippen molar-refractivity contribution in [3.63, 3.8) is 0 Å². The van der Waals surface area contributed by atoms with E-state index in [0.29, 0.717) is 0 Å². The van der Waals surface area contributed by atoms with Gasteiger partial charge in [0.1, 0.15) is 0 Å². The van der Waals surface area contributed by atoms with Gasteiger partial charge in [-0.1, -0.05) is 36.0 Å². The summed E-state index contributed by atoms with van der Waals surface area (Å²) in [5, 5.41) is 12.6. The summed E-state index contributed by atoms with van der Waals surface area (Å²) in [6.45, 7) is 1.71. The van der Waals surface area contributed by atoms with E-state index in [-0.39, 0.29) is 0 Å². The first-order valence-corrected chi connectivity index (χ1v) is 6.88. The third kappa shape index (κ3) is 2.08. The van der Waals surface area contributed by atoms with Crippen LogP contribution in [0.3, 0.4) is 0 Å². The number of anilines is 2. The van der Waals surface area contributed by atoms with E-state index in [1.54, 1.807) is 18.7 Å². The molecule has 0 saturated heterocycles. The zero-order valence-electron chi connectivity index (χ0n) is 10.4. The SMILES string of the molecule is CC(C(=O)O)c1cccc2c1Nc1ccccc1S2. The number of hydrogen-bond acceptors (Lipinski definition) is 3. The van der Waals surface area contributed by atoms with Crippen molar-refractivity contribution in [2.75, 3.05) is 5.32 Å². The highest BCUT2D eigenvalue weighted by Crippen LogP contribution is 2.46. The Morgan fingerprint density at radius 1 is 1.16 bits per heavy atom. The summed E-state index contributed by atoms with van der Waals surface area (Å²) >= 11 is 1.67. The molecule has 2 aromatic rings. The number of rotatable bonds is 2. The van der Waals surface area contributed by atoms with Gasteiger partial charge in [0.15, 0.2) is 0 Å². The summed E-state index contributed by atoms with van der Waals surface area (Å²) in [4.78, 5) is 13.4. The number of carboxylic acid groups (broad SMARTS) is 1. The van der Waals surface area contributed by atoms with Crippen LogP contribution in [0.15, 0.2) is 52.3 Å². The third-order valence-electron chi connectivity index (χ3n) is 3.26. The van der Waals surface area contributed by atoms with E-state index in [1.807, 2.05) is 36.4 Å². The quantitative estimate of drug-likeness (QED) is 0.737. The van der Waals surface area contributed by atoms with Gasteiger partial charge in [0.05, 0.1) is 17.3 Å². The van der Waals surface area contributed by atoms with Gasteiger partial charge in [0, 0.05) is 9.79 Å². The molecule has 0 aromatic heterocycles. The van der Waals surface area contributed by atoms with Gasteiger partial charge in [-0.05, 0) is 30.7 Å². The normalized spacial score (nSPS) is 13.9. The summed E-state index contributed by atoms with van der Waals surface area (Å²) in [5.41, 5.74) is 2.78. The zero-order chi connectivity index (χ0) is 13.4. The number of aliphatic carboxylic acids is 1. The molecule has 0 spiro atoms. The standard InChI is InChI=1S/C15H13NO2S/c1-9(15(17)18)10-5-4-8-13-14(10)16-11-6-2-3-7-12(11)19-13/h2-9,16H,1H3,(H,17,18). The Balaban J connectivity index is 2.08. The molecule has 0 amide bonds. The maximum Gasteiger partial charge on any atom is 0.310 e. The molecule has 1 unspecified atom stereocenters. The van der Waals surface area contributed by atoms with Crippen molar-refractivity contribution in [1.29, 1.82) is 0 Å². The average Bonchev–Trinajstić information content (AvgIpc) is 2.43. The fourth-order valence-corrected chi connectivity index (χ4v) is 3.20. The van der Waals surface area contributed by atoms with Gasteiger partial charge in [-0.3, -0.25) is 4.79 Å². The predicted molar refractivity (Wildman–Crippen MR) is 76.3 cm³/mol. The number of hydrogen-bond donors (Lipinski definition) is 2. The second-order valence-electron chi connectivity index (χ2n) is 4.50.